The number of nitrogens with one attached hydrogen (secondary N) is 1. The van der Waals surface area contributed by atoms with Gasteiger partial charge < -0.3 is 4.74 Å². The van der Waals surface area contributed by atoms with E-state index in [4.69, 9.17) is 16.3 Å². The summed E-state index contributed by atoms with van der Waals surface area (Å²) in [6.07, 6.45) is 1.60. The molecule has 5 nitrogen and oxygen atoms in total. The van der Waals surface area contributed by atoms with Crippen LogP contribution in [-0.4, -0.2) is 20.2 Å². The highest BCUT2D eigenvalue weighted by Crippen LogP contribution is 2.28. The van der Waals surface area contributed by atoms with Crippen LogP contribution in [0.25, 0.3) is 11.0 Å². The minimum absolute atomic E-state index is 0.108. The van der Waals surface area contributed by atoms with E-state index >= 15 is 0 Å². The van der Waals surface area contributed by atoms with E-state index in [-0.39, 0.29) is 5.28 Å². The van der Waals surface area contributed by atoms with Crippen LogP contribution in [0.1, 0.15) is 0 Å². The van der Waals surface area contributed by atoms with Crippen LogP contribution in [0.4, 0.5) is 0 Å². The summed E-state index contributed by atoms with van der Waals surface area (Å²) in [6.45, 7) is 0. The summed E-state index contributed by atoms with van der Waals surface area (Å²) in [5.41, 5.74) is 0.542. The smallest absolute Gasteiger partial charge is 0.234 e. The van der Waals surface area contributed by atoms with Crippen LogP contribution < -0.4 is 4.74 Å². The zero-order valence-electron chi connectivity index (χ0n) is 8.89. The summed E-state index contributed by atoms with van der Waals surface area (Å²) < 4.78 is 6.61. The van der Waals surface area contributed by atoms with Gasteiger partial charge in [0.1, 0.15) is 11.1 Å². The summed E-state index contributed by atoms with van der Waals surface area (Å²) >= 11 is 9.19. The van der Waals surface area contributed by atoms with Crippen molar-refractivity contribution in [3.05, 3.63) is 40.2 Å². The van der Waals surface area contributed by atoms with Gasteiger partial charge in [-0.05, 0) is 29.8 Å². The molecule has 0 aliphatic rings. The third-order valence-corrected chi connectivity index (χ3v) is 2.92. The molecule has 0 amide bonds. The van der Waals surface area contributed by atoms with Crippen molar-refractivity contribution >= 4 is 38.6 Å². The van der Waals surface area contributed by atoms with Crippen molar-refractivity contribution < 1.29 is 4.74 Å². The first-order valence-electron chi connectivity index (χ1n) is 5.02. The molecule has 3 rings (SSSR count). The van der Waals surface area contributed by atoms with Crippen LogP contribution in [0.2, 0.25) is 5.28 Å². The SMILES string of the molecule is Clc1nc(Oc2cccc(Br)c2)c2cn[nH]c2n1. The normalized spacial score (nSPS) is 10.8. The minimum Gasteiger partial charge on any atom is -0.438 e. The topological polar surface area (TPSA) is 63.7 Å². The van der Waals surface area contributed by atoms with Crippen LogP contribution in [0.15, 0.2) is 34.9 Å². The molecule has 3 aromatic rings. The number of ether oxygens (including phenoxy) is 1. The van der Waals surface area contributed by atoms with Crippen molar-refractivity contribution in [3.8, 4) is 11.6 Å². The van der Waals surface area contributed by atoms with E-state index in [1.807, 2.05) is 24.3 Å². The highest BCUT2D eigenvalue weighted by atomic mass is 79.9. The average Bonchev–Trinajstić information content (AvgIpc) is 2.77. The fraction of sp³-hybridized carbons (Fsp3) is 0. The van der Waals surface area contributed by atoms with Gasteiger partial charge in [-0.25, -0.2) is 0 Å². The maximum atomic E-state index is 5.82. The van der Waals surface area contributed by atoms with Crippen LogP contribution in [0.5, 0.6) is 11.6 Å². The Labute approximate surface area is 115 Å². The molecule has 0 fully saturated rings. The van der Waals surface area contributed by atoms with E-state index in [2.05, 4.69) is 36.1 Å². The van der Waals surface area contributed by atoms with Gasteiger partial charge >= 0.3 is 0 Å². The summed E-state index contributed by atoms with van der Waals surface area (Å²) in [4.78, 5) is 8.06. The number of nitrogens with zero attached hydrogens (tertiary/aromatic N) is 3. The molecule has 2 aromatic heterocycles. The van der Waals surface area contributed by atoms with E-state index in [0.29, 0.717) is 22.7 Å². The lowest BCUT2D eigenvalue weighted by atomic mass is 10.3. The number of rotatable bonds is 2. The molecular formula is C11H6BrClN4O. The molecule has 18 heavy (non-hydrogen) atoms. The van der Waals surface area contributed by atoms with Crippen molar-refractivity contribution in [3.63, 3.8) is 0 Å². The Morgan fingerprint density at radius 3 is 3.00 bits per heavy atom. The predicted octanol–water partition coefficient (Wildman–Crippen LogP) is 3.56. The molecule has 0 radical (unpaired) electrons. The fourth-order valence-corrected chi connectivity index (χ4v) is 2.04. The molecule has 7 heteroatoms. The van der Waals surface area contributed by atoms with Gasteiger partial charge in [0.15, 0.2) is 5.65 Å². The molecule has 0 bridgehead atoms. The second kappa shape index (κ2) is 4.55. The van der Waals surface area contributed by atoms with Crippen molar-refractivity contribution in [1.29, 1.82) is 0 Å². The van der Waals surface area contributed by atoms with E-state index in [0.717, 1.165) is 4.47 Å². The molecule has 90 valence electrons. The Hall–Kier alpha value is -1.66. The largest absolute Gasteiger partial charge is 0.438 e. The highest BCUT2D eigenvalue weighted by Gasteiger charge is 2.10. The van der Waals surface area contributed by atoms with E-state index in [1.165, 1.54) is 0 Å². The minimum atomic E-state index is 0.108. The second-order valence-electron chi connectivity index (χ2n) is 3.49. The lowest BCUT2D eigenvalue weighted by Gasteiger charge is -2.05. The average molecular weight is 326 g/mol. The number of halogens is 2. The Morgan fingerprint density at radius 2 is 2.17 bits per heavy atom. The Balaban J connectivity index is 2.06. The van der Waals surface area contributed by atoms with Gasteiger partial charge in [-0.1, -0.05) is 22.0 Å². The van der Waals surface area contributed by atoms with Crippen molar-refractivity contribution in [2.75, 3.05) is 0 Å². The Bertz CT molecular complexity index is 715. The third-order valence-electron chi connectivity index (χ3n) is 2.26. The zero-order chi connectivity index (χ0) is 12.5. The quantitative estimate of drug-likeness (QED) is 0.732. The van der Waals surface area contributed by atoms with Gasteiger partial charge in [0.25, 0.3) is 0 Å². The summed E-state index contributed by atoms with van der Waals surface area (Å²) in [6, 6.07) is 7.44. The molecule has 0 aliphatic heterocycles. The maximum Gasteiger partial charge on any atom is 0.234 e. The summed E-state index contributed by atoms with van der Waals surface area (Å²) in [5.74, 6) is 1.03. The molecule has 1 N–H and O–H groups in total. The van der Waals surface area contributed by atoms with Gasteiger partial charge in [0.05, 0.1) is 6.20 Å². The molecule has 1 aromatic carbocycles. The van der Waals surface area contributed by atoms with Crippen LogP contribution in [0.3, 0.4) is 0 Å². The molecule has 0 saturated carbocycles. The lowest BCUT2D eigenvalue weighted by molar-refractivity contribution is 0.468. The number of H-pyrrole nitrogens is 1. The van der Waals surface area contributed by atoms with E-state index in [9.17, 15) is 0 Å². The Kier molecular flexibility index (Phi) is 2.89. The fourth-order valence-electron chi connectivity index (χ4n) is 1.50. The number of hydrogen-bond acceptors (Lipinski definition) is 4. The molecule has 0 saturated heterocycles. The predicted molar refractivity (Wildman–Crippen MR) is 70.9 cm³/mol. The molecule has 0 spiro atoms. The lowest BCUT2D eigenvalue weighted by Crippen LogP contribution is -1.91. The van der Waals surface area contributed by atoms with Gasteiger partial charge in [-0.2, -0.15) is 15.1 Å². The standard InChI is InChI=1S/C11H6BrClN4O/c12-6-2-1-3-7(4-6)18-10-8-5-14-17-9(8)15-11(13)16-10/h1-5H,(H,14,15,16,17). The van der Waals surface area contributed by atoms with Gasteiger partial charge in [0.2, 0.25) is 11.2 Å². The first kappa shape index (κ1) is 11.4. The first-order chi connectivity index (χ1) is 8.72. The number of aromatic amines is 1. The van der Waals surface area contributed by atoms with E-state index < -0.39 is 0 Å². The molecule has 2 heterocycles. The van der Waals surface area contributed by atoms with Crippen molar-refractivity contribution in [1.82, 2.24) is 20.2 Å². The number of benzene rings is 1. The molecule has 0 aliphatic carbocycles. The van der Waals surface area contributed by atoms with Crippen LogP contribution >= 0.6 is 27.5 Å². The van der Waals surface area contributed by atoms with Gasteiger partial charge in [0, 0.05) is 4.47 Å². The van der Waals surface area contributed by atoms with Gasteiger partial charge in [-0.15, -0.1) is 0 Å². The first-order valence-corrected chi connectivity index (χ1v) is 6.19. The molecular weight excluding hydrogens is 320 g/mol. The third kappa shape index (κ3) is 2.16. The zero-order valence-corrected chi connectivity index (χ0v) is 11.2. The van der Waals surface area contributed by atoms with E-state index in [1.54, 1.807) is 6.20 Å². The summed E-state index contributed by atoms with van der Waals surface area (Å²) in [5, 5.41) is 7.40. The number of hydrogen-bond donors (Lipinski definition) is 1. The van der Waals surface area contributed by atoms with Gasteiger partial charge in [-0.3, -0.25) is 5.10 Å². The van der Waals surface area contributed by atoms with Crippen molar-refractivity contribution in [2.45, 2.75) is 0 Å². The number of fused-ring (bicyclic) bond motifs is 1. The van der Waals surface area contributed by atoms with Crippen molar-refractivity contribution in [2.24, 2.45) is 0 Å². The highest BCUT2D eigenvalue weighted by molar-refractivity contribution is 9.10. The summed E-state index contributed by atoms with van der Waals surface area (Å²) in [7, 11) is 0. The molecule has 0 unspecified atom stereocenters. The second-order valence-corrected chi connectivity index (χ2v) is 4.74. The van der Waals surface area contributed by atoms with Crippen LogP contribution in [-0.2, 0) is 0 Å². The monoisotopic (exact) mass is 324 g/mol. The Morgan fingerprint density at radius 1 is 1.28 bits per heavy atom. The van der Waals surface area contributed by atoms with Crippen LogP contribution in [0, 0.1) is 0 Å². The maximum absolute atomic E-state index is 5.82. The molecule has 0 atom stereocenters. The number of aromatic nitrogens is 4.